The van der Waals surface area contributed by atoms with Gasteiger partial charge >= 0.3 is 11.9 Å². The molecule has 22 heavy (non-hydrogen) atoms. The Labute approximate surface area is 131 Å². The second-order valence-electron chi connectivity index (χ2n) is 5.27. The zero-order valence-corrected chi connectivity index (χ0v) is 13.2. The third-order valence-electron chi connectivity index (χ3n) is 3.82. The van der Waals surface area contributed by atoms with Crippen molar-refractivity contribution in [3.8, 4) is 0 Å². The molecule has 1 aromatic carbocycles. The Morgan fingerprint density at radius 2 is 1.68 bits per heavy atom. The number of benzene rings is 1. The summed E-state index contributed by atoms with van der Waals surface area (Å²) in [6.45, 7) is 4.44. The second kappa shape index (κ2) is 7.94. The molecule has 0 heterocycles. The van der Waals surface area contributed by atoms with Crippen LogP contribution in [-0.4, -0.2) is 43.1 Å². The van der Waals surface area contributed by atoms with E-state index >= 15 is 0 Å². The molecule has 0 N–H and O–H groups in total. The van der Waals surface area contributed by atoms with Crippen molar-refractivity contribution < 1.29 is 19.1 Å². The van der Waals surface area contributed by atoms with Gasteiger partial charge in [0.15, 0.2) is 0 Å². The van der Waals surface area contributed by atoms with Gasteiger partial charge in [-0.3, -0.25) is 14.5 Å². The van der Waals surface area contributed by atoms with Crippen LogP contribution in [-0.2, 0) is 25.5 Å². The molecule has 0 saturated carbocycles. The number of aryl methyl sites for hydroxylation is 1. The number of carbonyl (C=O) groups is 2. The van der Waals surface area contributed by atoms with Gasteiger partial charge in [-0.2, -0.15) is 0 Å². The van der Waals surface area contributed by atoms with Crippen molar-refractivity contribution in [1.29, 1.82) is 0 Å². The number of nitrogens with zero attached hydrogens (tertiary/aromatic N) is 1. The first-order valence-electron chi connectivity index (χ1n) is 7.78. The van der Waals surface area contributed by atoms with Crippen molar-refractivity contribution in [2.75, 3.05) is 26.3 Å². The Morgan fingerprint density at radius 1 is 1.09 bits per heavy atom. The molecule has 5 nitrogen and oxygen atoms in total. The summed E-state index contributed by atoms with van der Waals surface area (Å²) < 4.78 is 10.1. The molecule has 0 aliphatic heterocycles. The van der Waals surface area contributed by atoms with E-state index in [1.54, 1.807) is 13.8 Å². The highest BCUT2D eigenvalue weighted by molar-refractivity contribution is 5.75. The van der Waals surface area contributed by atoms with Gasteiger partial charge in [0, 0.05) is 6.04 Å². The van der Waals surface area contributed by atoms with Gasteiger partial charge in [0.25, 0.3) is 0 Å². The average Bonchev–Trinajstić information content (AvgIpc) is 2.91. The van der Waals surface area contributed by atoms with Gasteiger partial charge in [-0.05, 0) is 37.8 Å². The largest absolute Gasteiger partial charge is 0.465 e. The first-order chi connectivity index (χ1) is 10.7. The third-order valence-corrected chi connectivity index (χ3v) is 3.82. The van der Waals surface area contributed by atoms with Crippen LogP contribution in [0.15, 0.2) is 24.3 Å². The second-order valence-corrected chi connectivity index (χ2v) is 5.27. The first kappa shape index (κ1) is 16.5. The average molecular weight is 305 g/mol. The SMILES string of the molecule is CCOC(=O)CN(CC(=O)OCC)C1CCc2ccccc21. The lowest BCUT2D eigenvalue weighted by atomic mass is 10.1. The molecule has 0 spiro atoms. The van der Waals surface area contributed by atoms with Crippen LogP contribution in [0.4, 0.5) is 0 Å². The van der Waals surface area contributed by atoms with Crippen LogP contribution in [0.3, 0.4) is 0 Å². The maximum atomic E-state index is 11.8. The maximum absolute atomic E-state index is 11.8. The van der Waals surface area contributed by atoms with Crippen molar-refractivity contribution in [2.24, 2.45) is 0 Å². The Hall–Kier alpha value is -1.88. The number of rotatable bonds is 7. The molecular weight excluding hydrogens is 282 g/mol. The molecule has 1 aromatic rings. The van der Waals surface area contributed by atoms with Crippen molar-refractivity contribution in [3.05, 3.63) is 35.4 Å². The topological polar surface area (TPSA) is 55.8 Å². The highest BCUT2D eigenvalue weighted by atomic mass is 16.5. The predicted octanol–water partition coefficient (Wildman–Crippen LogP) is 2.10. The molecule has 1 unspecified atom stereocenters. The zero-order valence-electron chi connectivity index (χ0n) is 13.2. The normalized spacial score (nSPS) is 16.4. The molecule has 2 rings (SSSR count). The highest BCUT2D eigenvalue weighted by Crippen LogP contribution is 2.35. The molecule has 1 aliphatic carbocycles. The molecule has 0 radical (unpaired) electrons. The van der Waals surface area contributed by atoms with E-state index in [2.05, 4.69) is 12.1 Å². The van der Waals surface area contributed by atoms with Gasteiger partial charge in [-0.1, -0.05) is 24.3 Å². The lowest BCUT2D eigenvalue weighted by Crippen LogP contribution is -2.38. The van der Waals surface area contributed by atoms with Crippen LogP contribution in [0.5, 0.6) is 0 Å². The molecule has 0 fully saturated rings. The fourth-order valence-electron chi connectivity index (χ4n) is 2.94. The molecule has 5 heteroatoms. The molecule has 0 bridgehead atoms. The Balaban J connectivity index is 2.13. The first-order valence-corrected chi connectivity index (χ1v) is 7.78. The van der Waals surface area contributed by atoms with Gasteiger partial charge in [-0.25, -0.2) is 0 Å². The molecule has 0 saturated heterocycles. The minimum absolute atomic E-state index is 0.0602. The summed E-state index contributed by atoms with van der Waals surface area (Å²) in [6, 6.07) is 8.23. The zero-order chi connectivity index (χ0) is 15.9. The summed E-state index contributed by atoms with van der Waals surface area (Å²) in [7, 11) is 0. The van der Waals surface area contributed by atoms with Crippen LogP contribution < -0.4 is 0 Å². The van der Waals surface area contributed by atoms with Crippen LogP contribution >= 0.6 is 0 Å². The lowest BCUT2D eigenvalue weighted by molar-refractivity contribution is -0.149. The number of carbonyl (C=O) groups excluding carboxylic acids is 2. The fraction of sp³-hybridized carbons (Fsp3) is 0.529. The summed E-state index contributed by atoms with van der Waals surface area (Å²) in [4.78, 5) is 25.6. The van der Waals surface area contributed by atoms with Gasteiger partial charge in [0.05, 0.1) is 26.3 Å². The van der Waals surface area contributed by atoms with Crippen molar-refractivity contribution in [1.82, 2.24) is 4.90 Å². The summed E-state index contributed by atoms with van der Waals surface area (Å²) in [5, 5.41) is 0. The van der Waals surface area contributed by atoms with Crippen molar-refractivity contribution in [2.45, 2.75) is 32.7 Å². The van der Waals surface area contributed by atoms with E-state index in [0.29, 0.717) is 13.2 Å². The van der Waals surface area contributed by atoms with Gasteiger partial charge < -0.3 is 9.47 Å². The molecule has 1 aliphatic rings. The number of ether oxygens (including phenoxy) is 2. The van der Waals surface area contributed by atoms with E-state index in [1.807, 2.05) is 17.0 Å². The number of hydrogen-bond donors (Lipinski definition) is 0. The summed E-state index contributed by atoms with van der Waals surface area (Å²) >= 11 is 0. The number of fused-ring (bicyclic) bond motifs is 1. The van der Waals surface area contributed by atoms with Gasteiger partial charge in [0.1, 0.15) is 0 Å². The molecule has 0 aromatic heterocycles. The van der Waals surface area contributed by atoms with E-state index in [1.165, 1.54) is 11.1 Å². The van der Waals surface area contributed by atoms with Crippen LogP contribution in [0.2, 0.25) is 0 Å². The van der Waals surface area contributed by atoms with Crippen molar-refractivity contribution >= 4 is 11.9 Å². The fourth-order valence-corrected chi connectivity index (χ4v) is 2.94. The van der Waals surface area contributed by atoms with Crippen LogP contribution in [0.25, 0.3) is 0 Å². The van der Waals surface area contributed by atoms with E-state index < -0.39 is 0 Å². The minimum Gasteiger partial charge on any atom is -0.465 e. The van der Waals surface area contributed by atoms with E-state index in [-0.39, 0.29) is 31.1 Å². The Morgan fingerprint density at radius 3 is 2.27 bits per heavy atom. The molecule has 1 atom stereocenters. The number of hydrogen-bond acceptors (Lipinski definition) is 5. The Kier molecular flexibility index (Phi) is 5.95. The van der Waals surface area contributed by atoms with E-state index in [4.69, 9.17) is 9.47 Å². The number of esters is 2. The van der Waals surface area contributed by atoms with Crippen LogP contribution in [0.1, 0.15) is 37.4 Å². The molecule has 120 valence electrons. The van der Waals surface area contributed by atoms with E-state index in [0.717, 1.165) is 12.8 Å². The smallest absolute Gasteiger partial charge is 0.320 e. The standard InChI is InChI=1S/C17H23NO4/c1-3-21-16(19)11-18(12-17(20)22-4-2)15-10-9-13-7-5-6-8-14(13)15/h5-8,15H,3-4,9-12H2,1-2H3. The van der Waals surface area contributed by atoms with Gasteiger partial charge in [-0.15, -0.1) is 0 Å². The third kappa shape index (κ3) is 4.07. The van der Waals surface area contributed by atoms with Crippen LogP contribution in [0, 0.1) is 0 Å². The lowest BCUT2D eigenvalue weighted by Gasteiger charge is -2.27. The quantitative estimate of drug-likeness (QED) is 0.722. The summed E-state index contributed by atoms with van der Waals surface area (Å²) in [5.74, 6) is -0.618. The molecule has 0 amide bonds. The minimum atomic E-state index is -0.309. The van der Waals surface area contributed by atoms with E-state index in [9.17, 15) is 9.59 Å². The maximum Gasteiger partial charge on any atom is 0.320 e. The monoisotopic (exact) mass is 305 g/mol. The Bertz CT molecular complexity index is 509. The highest BCUT2D eigenvalue weighted by Gasteiger charge is 2.30. The summed E-state index contributed by atoms with van der Waals surface area (Å²) in [5.41, 5.74) is 2.47. The molecular formula is C17H23NO4. The predicted molar refractivity (Wildman–Crippen MR) is 82.3 cm³/mol. The van der Waals surface area contributed by atoms with Gasteiger partial charge in [0.2, 0.25) is 0 Å². The van der Waals surface area contributed by atoms with Crippen molar-refractivity contribution in [3.63, 3.8) is 0 Å². The summed E-state index contributed by atoms with van der Waals surface area (Å²) in [6.07, 6.45) is 1.86.